The lowest BCUT2D eigenvalue weighted by atomic mass is 10.0. The maximum atomic E-state index is 13.9. The van der Waals surface area contributed by atoms with Crippen LogP contribution >= 0.6 is 0 Å². The Bertz CT molecular complexity index is 1960. The number of anilines is 1. The fraction of sp³-hybridized carbons (Fsp3) is 0.355. The van der Waals surface area contributed by atoms with Crippen LogP contribution in [0.1, 0.15) is 64.6 Å². The molecular formula is C31H28F3N7O5. The average Bonchev–Trinajstić information content (AvgIpc) is 3.33. The van der Waals surface area contributed by atoms with E-state index in [4.69, 9.17) is 5.11 Å². The zero-order valence-corrected chi connectivity index (χ0v) is 25.1. The molecule has 12 nitrogen and oxygen atoms in total. The highest BCUT2D eigenvalue weighted by Crippen LogP contribution is 2.59. The number of ketones is 1. The molecular weight excluding hydrogens is 607 g/mol. The van der Waals surface area contributed by atoms with Crippen molar-refractivity contribution in [2.45, 2.75) is 65.3 Å². The Morgan fingerprint density at radius 2 is 1.74 bits per heavy atom. The van der Waals surface area contributed by atoms with Gasteiger partial charge in [-0.2, -0.15) is 18.3 Å². The molecule has 4 heterocycles. The number of aromatic carboxylic acids is 1. The number of amides is 2. The number of piperidine rings is 1. The molecule has 46 heavy (non-hydrogen) atoms. The monoisotopic (exact) mass is 635 g/mol. The number of carboxylic acids is 1. The number of halogens is 3. The normalized spacial score (nSPS) is 20.5. The Kier molecular flexibility index (Phi) is 7.17. The van der Waals surface area contributed by atoms with Crippen LogP contribution in [0.3, 0.4) is 0 Å². The van der Waals surface area contributed by atoms with Crippen LogP contribution in [0.15, 0.2) is 36.7 Å². The molecule has 1 aromatic carbocycles. The number of aromatic nitrogens is 5. The lowest BCUT2D eigenvalue weighted by Gasteiger charge is -2.27. The van der Waals surface area contributed by atoms with Gasteiger partial charge in [-0.15, -0.1) is 0 Å². The van der Waals surface area contributed by atoms with Gasteiger partial charge in [0.25, 0.3) is 0 Å². The molecule has 0 unspecified atom stereocenters. The molecule has 0 spiro atoms. The van der Waals surface area contributed by atoms with Gasteiger partial charge in [-0.05, 0) is 67.0 Å². The number of nitrogens with one attached hydrogen (secondary N) is 1. The zero-order valence-electron chi connectivity index (χ0n) is 25.1. The molecule has 2 N–H and O–H groups in total. The second kappa shape index (κ2) is 10.7. The Morgan fingerprint density at radius 1 is 1.04 bits per heavy atom. The van der Waals surface area contributed by atoms with Gasteiger partial charge in [0, 0.05) is 36.3 Å². The summed E-state index contributed by atoms with van der Waals surface area (Å²) in [7, 11) is 0. The number of alkyl halides is 3. The second-order valence-corrected chi connectivity index (χ2v) is 12.1. The minimum absolute atomic E-state index is 0.119. The number of pyridine rings is 1. The number of nitrogens with zero attached hydrogens (tertiary/aromatic N) is 6. The van der Waals surface area contributed by atoms with E-state index >= 15 is 0 Å². The van der Waals surface area contributed by atoms with E-state index in [1.54, 1.807) is 19.1 Å². The smallest absolute Gasteiger partial charge is 0.433 e. The van der Waals surface area contributed by atoms with Crippen molar-refractivity contribution in [3.63, 3.8) is 0 Å². The summed E-state index contributed by atoms with van der Waals surface area (Å²) in [6.07, 6.45) is -0.968. The lowest BCUT2D eigenvalue weighted by Crippen LogP contribution is -2.47. The number of carbonyl (C=O) groups is 4. The van der Waals surface area contributed by atoms with Gasteiger partial charge < -0.3 is 15.3 Å². The first kappa shape index (κ1) is 30.8. The number of Topliss-reactive ketones (excluding diaryl/α,β-unsaturated/α-hetero) is 1. The molecule has 1 saturated carbocycles. The molecule has 4 aromatic rings. The van der Waals surface area contributed by atoms with Gasteiger partial charge in [-0.3, -0.25) is 19.1 Å². The fourth-order valence-electron chi connectivity index (χ4n) is 6.24. The van der Waals surface area contributed by atoms with Crippen molar-refractivity contribution < 1.29 is 37.5 Å². The molecule has 2 aliphatic rings. The number of carbonyl (C=O) groups excluding carboxylic acids is 3. The van der Waals surface area contributed by atoms with Gasteiger partial charge in [0.05, 0.1) is 5.52 Å². The standard InChI is InChI=1S/C31H28F3N7O5/c1-14-5-6-21(31(32,33)34)37-26(14)38-28(44)20-9-30(4)10-22(30)41(20)23(43)13-40-25-15(2)7-17(8-19(25)24(39-40)16(3)42)18-11-35-27(29(45)46)36-12-18/h5-8,11-12,20,22H,9-10,13H2,1-4H3,(H,45,46)(H,37,38,44)/t20-,22+,30-/m0/s1. The number of rotatable bonds is 7. The van der Waals surface area contributed by atoms with E-state index in [1.807, 2.05) is 6.92 Å². The van der Waals surface area contributed by atoms with E-state index < -0.39 is 35.7 Å². The number of aryl methyl sites for hydroxylation is 2. The summed E-state index contributed by atoms with van der Waals surface area (Å²) in [5.74, 6) is -3.27. The predicted octanol–water partition coefficient (Wildman–Crippen LogP) is 4.44. The molecule has 1 aliphatic carbocycles. The summed E-state index contributed by atoms with van der Waals surface area (Å²) in [6.45, 7) is 6.31. The van der Waals surface area contributed by atoms with Crippen molar-refractivity contribution in [1.29, 1.82) is 0 Å². The summed E-state index contributed by atoms with van der Waals surface area (Å²) in [5.41, 5.74) is 1.32. The van der Waals surface area contributed by atoms with Crippen LogP contribution in [0, 0.1) is 19.3 Å². The van der Waals surface area contributed by atoms with Crippen molar-refractivity contribution in [1.82, 2.24) is 29.6 Å². The van der Waals surface area contributed by atoms with E-state index in [2.05, 4.69) is 25.4 Å². The van der Waals surface area contributed by atoms with Crippen molar-refractivity contribution in [2.24, 2.45) is 5.41 Å². The molecule has 238 valence electrons. The van der Waals surface area contributed by atoms with Crippen LogP contribution in [-0.4, -0.2) is 70.4 Å². The molecule has 15 heteroatoms. The maximum Gasteiger partial charge on any atom is 0.433 e. The third kappa shape index (κ3) is 5.35. The lowest BCUT2D eigenvalue weighted by molar-refractivity contribution is -0.141. The van der Waals surface area contributed by atoms with Gasteiger partial charge in [-0.25, -0.2) is 19.7 Å². The first-order valence-corrected chi connectivity index (χ1v) is 14.3. The van der Waals surface area contributed by atoms with Crippen LogP contribution < -0.4 is 5.32 Å². The number of hydrogen-bond donors (Lipinski definition) is 2. The average molecular weight is 636 g/mol. The second-order valence-electron chi connectivity index (χ2n) is 12.1. The molecule has 1 saturated heterocycles. The van der Waals surface area contributed by atoms with Crippen molar-refractivity contribution in [3.05, 3.63) is 65.0 Å². The van der Waals surface area contributed by atoms with Crippen LogP contribution in [0.2, 0.25) is 0 Å². The summed E-state index contributed by atoms with van der Waals surface area (Å²) in [4.78, 5) is 63.9. The number of hydrogen-bond acceptors (Lipinski definition) is 8. The van der Waals surface area contributed by atoms with Crippen molar-refractivity contribution in [3.8, 4) is 11.1 Å². The van der Waals surface area contributed by atoms with Gasteiger partial charge in [0.2, 0.25) is 17.6 Å². The fourth-order valence-corrected chi connectivity index (χ4v) is 6.24. The van der Waals surface area contributed by atoms with Gasteiger partial charge in [-0.1, -0.05) is 13.0 Å². The third-order valence-electron chi connectivity index (χ3n) is 8.68. The third-order valence-corrected chi connectivity index (χ3v) is 8.68. The number of fused-ring (bicyclic) bond motifs is 2. The molecule has 3 atom stereocenters. The van der Waals surface area contributed by atoms with E-state index in [1.165, 1.54) is 41.9 Å². The summed E-state index contributed by atoms with van der Waals surface area (Å²) in [6, 6.07) is 4.36. The van der Waals surface area contributed by atoms with E-state index in [0.29, 0.717) is 46.0 Å². The summed E-state index contributed by atoms with van der Waals surface area (Å²) in [5, 5.41) is 16.5. The van der Waals surface area contributed by atoms with Crippen LogP contribution in [0.4, 0.5) is 19.0 Å². The Morgan fingerprint density at radius 3 is 2.37 bits per heavy atom. The van der Waals surface area contributed by atoms with Crippen LogP contribution in [0.25, 0.3) is 22.0 Å². The highest BCUT2D eigenvalue weighted by Gasteiger charge is 2.64. The minimum atomic E-state index is -4.69. The van der Waals surface area contributed by atoms with Gasteiger partial charge in [0.1, 0.15) is 29.8 Å². The Hall–Kier alpha value is -5.21. The summed E-state index contributed by atoms with van der Waals surface area (Å²) < 4.78 is 41.3. The molecule has 3 aromatic heterocycles. The SMILES string of the molecule is CC(=O)c1nn(CC(=O)N2[C@H](C(=O)Nc3nc(C(F)(F)F)ccc3C)C[C@@]3(C)C[C@@H]23)c2c(C)cc(-c3cnc(C(=O)O)nc3)cc12. The van der Waals surface area contributed by atoms with Crippen molar-refractivity contribution >= 4 is 40.3 Å². The quantitative estimate of drug-likeness (QED) is 0.280. The van der Waals surface area contributed by atoms with Gasteiger partial charge in [0.15, 0.2) is 5.78 Å². The molecule has 0 radical (unpaired) electrons. The summed E-state index contributed by atoms with van der Waals surface area (Å²) >= 11 is 0. The highest BCUT2D eigenvalue weighted by molar-refractivity contribution is 6.07. The van der Waals surface area contributed by atoms with E-state index in [9.17, 15) is 32.3 Å². The number of benzene rings is 1. The van der Waals surface area contributed by atoms with Crippen LogP contribution in [-0.2, 0) is 22.3 Å². The maximum absolute atomic E-state index is 13.9. The minimum Gasteiger partial charge on any atom is -0.475 e. The van der Waals surface area contributed by atoms with E-state index in [-0.39, 0.29) is 41.1 Å². The molecule has 6 rings (SSSR count). The first-order chi connectivity index (χ1) is 21.6. The molecule has 2 amide bonds. The largest absolute Gasteiger partial charge is 0.475 e. The van der Waals surface area contributed by atoms with Gasteiger partial charge >= 0.3 is 12.1 Å². The van der Waals surface area contributed by atoms with E-state index in [0.717, 1.165) is 6.07 Å². The zero-order chi connectivity index (χ0) is 33.3. The Balaban J connectivity index is 1.30. The molecule has 1 aliphatic heterocycles. The van der Waals surface area contributed by atoms with Crippen molar-refractivity contribution in [2.75, 3.05) is 5.32 Å². The number of likely N-dealkylation sites (tertiary alicyclic amines) is 1. The highest BCUT2D eigenvalue weighted by atomic mass is 19.4. The Labute approximate surface area is 259 Å². The van der Waals surface area contributed by atoms with Crippen LogP contribution in [0.5, 0.6) is 0 Å². The molecule has 0 bridgehead atoms. The molecule has 2 fully saturated rings. The number of carboxylic acid groups (broad SMARTS) is 1. The first-order valence-electron chi connectivity index (χ1n) is 14.3. The predicted molar refractivity (Wildman–Crippen MR) is 157 cm³/mol. The topological polar surface area (TPSA) is 160 Å².